The SMILES string of the molecule is O=C(NC(Cc1ccc(Br)cc1)C(=O)O)c1cccc(Cl)c1. The number of hydrogen-bond acceptors (Lipinski definition) is 2. The minimum atomic E-state index is -1.08. The van der Waals surface area contributed by atoms with E-state index in [0.29, 0.717) is 10.6 Å². The minimum absolute atomic E-state index is 0.203. The molecule has 2 rings (SSSR count). The molecule has 0 aromatic heterocycles. The van der Waals surface area contributed by atoms with Crippen molar-refractivity contribution in [2.45, 2.75) is 12.5 Å². The molecule has 0 saturated heterocycles. The normalized spacial score (nSPS) is 11.7. The summed E-state index contributed by atoms with van der Waals surface area (Å²) in [6.45, 7) is 0. The molecule has 0 saturated carbocycles. The first-order chi connectivity index (χ1) is 10.5. The molecule has 0 aliphatic rings. The Kier molecular flexibility index (Phi) is 5.57. The molecule has 0 aliphatic heterocycles. The van der Waals surface area contributed by atoms with Crippen molar-refractivity contribution < 1.29 is 14.7 Å². The first kappa shape index (κ1) is 16.5. The van der Waals surface area contributed by atoms with E-state index in [9.17, 15) is 14.7 Å². The molecule has 0 spiro atoms. The van der Waals surface area contributed by atoms with Crippen molar-refractivity contribution in [3.8, 4) is 0 Å². The number of rotatable bonds is 5. The molecule has 114 valence electrons. The molecule has 0 heterocycles. The quantitative estimate of drug-likeness (QED) is 0.831. The second-order valence-electron chi connectivity index (χ2n) is 4.71. The average Bonchev–Trinajstić information content (AvgIpc) is 2.48. The Hall–Kier alpha value is -1.85. The number of carbonyl (C=O) groups excluding carboxylic acids is 1. The van der Waals surface area contributed by atoms with E-state index in [1.807, 2.05) is 24.3 Å². The molecule has 1 unspecified atom stereocenters. The van der Waals surface area contributed by atoms with Crippen LogP contribution >= 0.6 is 27.5 Å². The lowest BCUT2D eigenvalue weighted by atomic mass is 10.1. The third-order valence-corrected chi connectivity index (χ3v) is 3.81. The van der Waals surface area contributed by atoms with Gasteiger partial charge >= 0.3 is 5.97 Å². The van der Waals surface area contributed by atoms with Crippen molar-refractivity contribution in [2.75, 3.05) is 0 Å². The van der Waals surface area contributed by atoms with Gasteiger partial charge in [-0.3, -0.25) is 4.79 Å². The van der Waals surface area contributed by atoms with Crippen LogP contribution in [0.25, 0.3) is 0 Å². The van der Waals surface area contributed by atoms with Gasteiger partial charge in [0.05, 0.1) is 0 Å². The predicted molar refractivity (Wildman–Crippen MR) is 88.2 cm³/mol. The molecule has 1 amide bonds. The number of halogens is 2. The van der Waals surface area contributed by atoms with Gasteiger partial charge in [0, 0.05) is 21.5 Å². The summed E-state index contributed by atoms with van der Waals surface area (Å²) in [5.74, 6) is -1.55. The zero-order valence-corrected chi connectivity index (χ0v) is 13.8. The summed E-state index contributed by atoms with van der Waals surface area (Å²) >= 11 is 9.15. The Morgan fingerprint density at radius 1 is 1.18 bits per heavy atom. The van der Waals surface area contributed by atoms with Gasteiger partial charge in [-0.05, 0) is 35.9 Å². The number of aliphatic carboxylic acids is 1. The maximum Gasteiger partial charge on any atom is 0.326 e. The summed E-state index contributed by atoms with van der Waals surface area (Å²) in [6.07, 6.45) is 0.203. The molecule has 2 aromatic carbocycles. The highest BCUT2D eigenvalue weighted by Gasteiger charge is 2.21. The molecule has 6 heteroatoms. The van der Waals surface area contributed by atoms with Gasteiger partial charge in [0.1, 0.15) is 6.04 Å². The Morgan fingerprint density at radius 2 is 1.86 bits per heavy atom. The van der Waals surface area contributed by atoms with Crippen LogP contribution in [0.3, 0.4) is 0 Å². The van der Waals surface area contributed by atoms with Gasteiger partial charge in [0.2, 0.25) is 0 Å². The minimum Gasteiger partial charge on any atom is -0.480 e. The number of benzene rings is 2. The van der Waals surface area contributed by atoms with Crippen molar-refractivity contribution in [1.82, 2.24) is 5.32 Å². The fraction of sp³-hybridized carbons (Fsp3) is 0.125. The van der Waals surface area contributed by atoms with E-state index in [2.05, 4.69) is 21.2 Å². The first-order valence-corrected chi connectivity index (χ1v) is 7.66. The molecule has 22 heavy (non-hydrogen) atoms. The summed E-state index contributed by atoms with van der Waals surface area (Å²) in [6, 6.07) is 12.6. The lowest BCUT2D eigenvalue weighted by Gasteiger charge is -2.15. The van der Waals surface area contributed by atoms with Crippen molar-refractivity contribution in [3.05, 3.63) is 69.2 Å². The molecule has 0 fully saturated rings. The Balaban J connectivity index is 2.10. The van der Waals surface area contributed by atoms with Crippen LogP contribution in [0.5, 0.6) is 0 Å². The summed E-state index contributed by atoms with van der Waals surface area (Å²) in [5, 5.41) is 12.2. The smallest absolute Gasteiger partial charge is 0.326 e. The van der Waals surface area contributed by atoms with Crippen LogP contribution in [0.4, 0.5) is 0 Å². The third-order valence-electron chi connectivity index (χ3n) is 3.04. The fourth-order valence-electron chi connectivity index (χ4n) is 1.93. The number of hydrogen-bond donors (Lipinski definition) is 2. The Labute approximate surface area is 141 Å². The lowest BCUT2D eigenvalue weighted by Crippen LogP contribution is -2.42. The molecule has 2 N–H and O–H groups in total. The molecule has 2 aromatic rings. The van der Waals surface area contributed by atoms with E-state index >= 15 is 0 Å². The van der Waals surface area contributed by atoms with Gasteiger partial charge in [-0.15, -0.1) is 0 Å². The zero-order chi connectivity index (χ0) is 16.1. The number of carboxylic acid groups (broad SMARTS) is 1. The number of amides is 1. The van der Waals surface area contributed by atoms with Gasteiger partial charge in [-0.2, -0.15) is 0 Å². The highest BCUT2D eigenvalue weighted by molar-refractivity contribution is 9.10. The van der Waals surface area contributed by atoms with E-state index in [0.717, 1.165) is 10.0 Å². The highest BCUT2D eigenvalue weighted by Crippen LogP contribution is 2.13. The number of nitrogens with one attached hydrogen (secondary N) is 1. The third kappa shape index (κ3) is 4.58. The van der Waals surface area contributed by atoms with Crippen LogP contribution in [0.1, 0.15) is 15.9 Å². The Bertz CT molecular complexity index is 688. The summed E-state index contributed by atoms with van der Waals surface area (Å²) in [7, 11) is 0. The van der Waals surface area contributed by atoms with Gasteiger partial charge in [0.15, 0.2) is 0 Å². The maximum atomic E-state index is 12.1. The van der Waals surface area contributed by atoms with E-state index in [4.69, 9.17) is 11.6 Å². The molecular weight excluding hydrogens is 370 g/mol. The van der Waals surface area contributed by atoms with Gasteiger partial charge in [0.25, 0.3) is 5.91 Å². The second-order valence-corrected chi connectivity index (χ2v) is 6.06. The highest BCUT2D eigenvalue weighted by atomic mass is 79.9. The van der Waals surface area contributed by atoms with Crippen molar-refractivity contribution in [3.63, 3.8) is 0 Å². The summed E-state index contributed by atoms with van der Waals surface area (Å²) < 4.78 is 0.908. The maximum absolute atomic E-state index is 12.1. The van der Waals surface area contributed by atoms with E-state index in [-0.39, 0.29) is 6.42 Å². The zero-order valence-electron chi connectivity index (χ0n) is 11.4. The summed E-state index contributed by atoms with van der Waals surface area (Å²) in [5.41, 5.74) is 1.15. The van der Waals surface area contributed by atoms with Gasteiger partial charge in [-0.25, -0.2) is 4.79 Å². The summed E-state index contributed by atoms with van der Waals surface area (Å²) in [4.78, 5) is 23.5. The predicted octanol–water partition coefficient (Wildman–Crippen LogP) is 3.53. The molecule has 1 atom stereocenters. The van der Waals surface area contributed by atoms with Crippen LogP contribution < -0.4 is 5.32 Å². The lowest BCUT2D eigenvalue weighted by molar-refractivity contribution is -0.139. The van der Waals surface area contributed by atoms with Gasteiger partial charge < -0.3 is 10.4 Å². The molecular formula is C16H13BrClNO3. The van der Waals surface area contributed by atoms with E-state index < -0.39 is 17.9 Å². The molecule has 0 radical (unpaired) electrons. The van der Waals surface area contributed by atoms with Crippen LogP contribution in [-0.2, 0) is 11.2 Å². The topological polar surface area (TPSA) is 66.4 Å². The molecule has 0 aliphatic carbocycles. The van der Waals surface area contributed by atoms with Crippen molar-refractivity contribution in [1.29, 1.82) is 0 Å². The van der Waals surface area contributed by atoms with Crippen molar-refractivity contribution in [2.24, 2.45) is 0 Å². The van der Waals surface area contributed by atoms with E-state index in [1.165, 1.54) is 6.07 Å². The fourth-order valence-corrected chi connectivity index (χ4v) is 2.38. The van der Waals surface area contributed by atoms with Crippen LogP contribution in [0.15, 0.2) is 53.0 Å². The largest absolute Gasteiger partial charge is 0.480 e. The molecule has 4 nitrogen and oxygen atoms in total. The number of carbonyl (C=O) groups is 2. The Morgan fingerprint density at radius 3 is 2.45 bits per heavy atom. The van der Waals surface area contributed by atoms with Gasteiger partial charge in [-0.1, -0.05) is 45.7 Å². The molecule has 0 bridgehead atoms. The number of carboxylic acids is 1. The van der Waals surface area contributed by atoms with Crippen molar-refractivity contribution >= 4 is 39.4 Å². The van der Waals surface area contributed by atoms with Crippen LogP contribution in [0, 0.1) is 0 Å². The van der Waals surface area contributed by atoms with E-state index in [1.54, 1.807) is 18.2 Å². The van der Waals surface area contributed by atoms with Crippen LogP contribution in [0.2, 0.25) is 5.02 Å². The monoisotopic (exact) mass is 381 g/mol. The average molecular weight is 383 g/mol. The second kappa shape index (κ2) is 7.42. The van der Waals surface area contributed by atoms with Crippen LogP contribution in [-0.4, -0.2) is 23.0 Å². The first-order valence-electron chi connectivity index (χ1n) is 6.49. The standard InChI is InChI=1S/C16H13BrClNO3/c17-12-6-4-10(5-7-12)8-14(16(21)22)19-15(20)11-2-1-3-13(18)9-11/h1-7,9,14H,8H2,(H,19,20)(H,21,22).